The normalized spacial score (nSPS) is 16.4. The van der Waals surface area contributed by atoms with Gasteiger partial charge < -0.3 is 20.7 Å². The number of carbonyl (C=O) groups excluding carboxylic acids is 2. The number of nitrogens with zero attached hydrogens (tertiary/aromatic N) is 2. The largest absolute Gasteiger partial charge is 0.428 e. The highest BCUT2D eigenvalue weighted by Crippen LogP contribution is 2.24. The van der Waals surface area contributed by atoms with Crippen molar-refractivity contribution in [2.45, 2.75) is 39.5 Å². The summed E-state index contributed by atoms with van der Waals surface area (Å²) in [6, 6.07) is -0.00189. The molecular weight excluding hydrogens is 360 g/mol. The molecule has 0 aromatic heterocycles. The molecule has 1 aliphatic heterocycles. The Hall–Kier alpha value is -1.39. The smallest absolute Gasteiger partial charge is 0.411 e. The van der Waals surface area contributed by atoms with Crippen molar-refractivity contribution < 1.29 is 22.7 Å². The third-order valence-corrected chi connectivity index (χ3v) is 5.38. The number of likely N-dealkylation sites (tertiary alicyclic amines) is 1. The second kappa shape index (κ2) is 8.10. The Labute approximate surface area is 156 Å². The summed E-state index contributed by atoms with van der Waals surface area (Å²) < 4.78 is 27.9. The zero-order chi connectivity index (χ0) is 20.3. The van der Waals surface area contributed by atoms with E-state index in [2.05, 4.69) is 5.32 Å². The predicted molar refractivity (Wildman–Crippen MR) is 99.2 cm³/mol. The maximum Gasteiger partial charge on any atom is 0.411 e. The highest BCUT2D eigenvalue weighted by molar-refractivity contribution is 7.90. The Morgan fingerprint density at radius 2 is 1.81 bits per heavy atom. The van der Waals surface area contributed by atoms with Gasteiger partial charge in [0.05, 0.1) is 11.2 Å². The van der Waals surface area contributed by atoms with E-state index in [9.17, 15) is 18.0 Å². The van der Waals surface area contributed by atoms with Crippen LogP contribution in [0.3, 0.4) is 0 Å². The molecule has 26 heavy (non-hydrogen) atoms. The molecular formula is C16H32N4O5S. The summed E-state index contributed by atoms with van der Waals surface area (Å²) in [5, 5.41) is 2.64. The number of sulfone groups is 1. The Morgan fingerprint density at radius 1 is 1.27 bits per heavy atom. The molecule has 0 aromatic carbocycles. The van der Waals surface area contributed by atoms with Crippen LogP contribution in [0.1, 0.15) is 27.7 Å². The third kappa shape index (κ3) is 6.73. The number of ether oxygens (including phenoxy) is 1. The Morgan fingerprint density at radius 3 is 2.27 bits per heavy atom. The average Bonchev–Trinajstić information content (AvgIpc) is 2.41. The van der Waals surface area contributed by atoms with Crippen molar-refractivity contribution in [3.8, 4) is 0 Å². The van der Waals surface area contributed by atoms with Crippen LogP contribution in [0.4, 0.5) is 4.79 Å². The number of hydrogen-bond donors (Lipinski definition) is 2. The first-order valence-electron chi connectivity index (χ1n) is 8.55. The van der Waals surface area contributed by atoms with Gasteiger partial charge in [0.15, 0.2) is 5.72 Å². The lowest BCUT2D eigenvalue weighted by Crippen LogP contribution is -2.60. The van der Waals surface area contributed by atoms with Gasteiger partial charge in [-0.1, -0.05) is 0 Å². The van der Waals surface area contributed by atoms with E-state index in [1.807, 2.05) is 0 Å². The van der Waals surface area contributed by atoms with Crippen LogP contribution in [0.2, 0.25) is 0 Å². The summed E-state index contributed by atoms with van der Waals surface area (Å²) >= 11 is 0. The molecule has 2 amide bonds. The molecule has 0 unspecified atom stereocenters. The fraction of sp³-hybridized carbons (Fsp3) is 0.875. The van der Waals surface area contributed by atoms with E-state index in [0.29, 0.717) is 19.6 Å². The second-order valence-electron chi connectivity index (χ2n) is 8.11. The lowest BCUT2D eigenvalue weighted by molar-refractivity contribution is -0.135. The van der Waals surface area contributed by atoms with E-state index < -0.39 is 27.1 Å². The maximum atomic E-state index is 12.4. The van der Waals surface area contributed by atoms with E-state index in [4.69, 9.17) is 10.5 Å². The average molecular weight is 393 g/mol. The van der Waals surface area contributed by atoms with Crippen LogP contribution >= 0.6 is 0 Å². The van der Waals surface area contributed by atoms with Gasteiger partial charge in [0.2, 0.25) is 5.91 Å². The van der Waals surface area contributed by atoms with Gasteiger partial charge in [-0.05, 0) is 34.7 Å². The molecule has 1 rings (SSSR count). The van der Waals surface area contributed by atoms with E-state index in [-0.39, 0.29) is 24.2 Å². The molecule has 0 atom stereocenters. The van der Waals surface area contributed by atoms with Crippen molar-refractivity contribution in [1.29, 1.82) is 0 Å². The van der Waals surface area contributed by atoms with Gasteiger partial charge in [0, 0.05) is 38.5 Å². The first-order chi connectivity index (χ1) is 11.6. The van der Waals surface area contributed by atoms with Gasteiger partial charge in [0.25, 0.3) is 0 Å². The minimum Gasteiger partial charge on any atom is -0.428 e. The fourth-order valence-corrected chi connectivity index (χ4v) is 2.94. The molecule has 0 bridgehead atoms. The second-order valence-corrected chi connectivity index (χ2v) is 10.4. The monoisotopic (exact) mass is 392 g/mol. The van der Waals surface area contributed by atoms with Crippen molar-refractivity contribution >= 4 is 21.8 Å². The molecule has 0 spiro atoms. The van der Waals surface area contributed by atoms with Crippen LogP contribution in [-0.2, 0) is 19.4 Å². The molecule has 9 nitrogen and oxygen atoms in total. The molecule has 1 fully saturated rings. The maximum absolute atomic E-state index is 12.4. The number of carbonyl (C=O) groups is 2. The molecule has 1 aliphatic rings. The SMILES string of the molecule is CN(CC(C)(C)C(=O)NCCS(C)(=O)=O)C(C)(C)OC(=O)N1CC(N)C1. The van der Waals surface area contributed by atoms with Gasteiger partial charge in [-0.25, -0.2) is 13.2 Å². The first kappa shape index (κ1) is 22.7. The van der Waals surface area contributed by atoms with Gasteiger partial charge in [0.1, 0.15) is 9.84 Å². The van der Waals surface area contributed by atoms with Crippen LogP contribution in [-0.4, -0.2) is 87.2 Å². The standard InChI is InChI=1S/C16H32N4O5S/c1-15(2,13(21)18-7-8-26(6,23)24)11-19(5)16(3,4)25-14(22)20-9-12(17)10-20/h12H,7-11,17H2,1-6H3,(H,18,21). The van der Waals surface area contributed by atoms with Crippen molar-refractivity contribution in [3.05, 3.63) is 0 Å². The molecule has 0 saturated carbocycles. The number of rotatable bonds is 8. The van der Waals surface area contributed by atoms with Crippen LogP contribution < -0.4 is 11.1 Å². The van der Waals surface area contributed by atoms with Crippen molar-refractivity contribution in [2.24, 2.45) is 11.1 Å². The van der Waals surface area contributed by atoms with Crippen LogP contribution in [0, 0.1) is 5.41 Å². The van der Waals surface area contributed by atoms with Gasteiger partial charge in [-0.3, -0.25) is 9.69 Å². The molecule has 0 aliphatic carbocycles. The van der Waals surface area contributed by atoms with Crippen molar-refractivity contribution in [3.63, 3.8) is 0 Å². The van der Waals surface area contributed by atoms with Gasteiger partial charge in [-0.15, -0.1) is 0 Å². The summed E-state index contributed by atoms with van der Waals surface area (Å²) in [4.78, 5) is 27.8. The van der Waals surface area contributed by atoms with Crippen LogP contribution in [0.25, 0.3) is 0 Å². The van der Waals surface area contributed by atoms with E-state index >= 15 is 0 Å². The summed E-state index contributed by atoms with van der Waals surface area (Å²) in [7, 11) is -1.37. The Kier molecular flexibility index (Phi) is 7.05. The quantitative estimate of drug-likeness (QED) is 0.540. The van der Waals surface area contributed by atoms with Crippen molar-refractivity contribution in [1.82, 2.24) is 15.1 Å². The Bertz CT molecular complexity index is 627. The van der Waals surface area contributed by atoms with E-state index in [0.717, 1.165) is 6.26 Å². The molecule has 0 radical (unpaired) electrons. The highest BCUT2D eigenvalue weighted by Gasteiger charge is 2.38. The molecule has 1 heterocycles. The number of amides is 2. The van der Waals surface area contributed by atoms with Crippen LogP contribution in [0.15, 0.2) is 0 Å². The Balaban J connectivity index is 2.57. The zero-order valence-corrected chi connectivity index (χ0v) is 17.4. The number of hydrogen-bond acceptors (Lipinski definition) is 7. The summed E-state index contributed by atoms with van der Waals surface area (Å²) in [5.41, 5.74) is 3.96. The summed E-state index contributed by atoms with van der Waals surface area (Å²) in [6.45, 7) is 8.36. The molecule has 10 heteroatoms. The number of nitrogens with two attached hydrogens (primary N) is 1. The predicted octanol–water partition coefficient (Wildman–Crippen LogP) is -0.379. The zero-order valence-electron chi connectivity index (χ0n) is 16.5. The first-order valence-corrected chi connectivity index (χ1v) is 10.6. The molecule has 0 aromatic rings. The molecule has 152 valence electrons. The molecule has 1 saturated heterocycles. The summed E-state index contributed by atoms with van der Waals surface area (Å²) in [5.74, 6) is -0.366. The lowest BCUT2D eigenvalue weighted by atomic mass is 9.91. The third-order valence-electron chi connectivity index (χ3n) is 4.43. The van der Waals surface area contributed by atoms with Crippen LogP contribution in [0.5, 0.6) is 0 Å². The number of nitrogens with one attached hydrogen (secondary N) is 1. The van der Waals surface area contributed by atoms with E-state index in [1.54, 1.807) is 39.6 Å². The van der Waals surface area contributed by atoms with Crippen molar-refractivity contribution in [2.75, 3.05) is 45.2 Å². The molecule has 3 N–H and O–H groups in total. The summed E-state index contributed by atoms with van der Waals surface area (Å²) in [6.07, 6.45) is 0.693. The minimum absolute atomic E-state index is 0.00189. The van der Waals surface area contributed by atoms with Gasteiger partial charge in [-0.2, -0.15) is 0 Å². The van der Waals surface area contributed by atoms with Gasteiger partial charge >= 0.3 is 6.09 Å². The highest BCUT2D eigenvalue weighted by atomic mass is 32.2. The lowest BCUT2D eigenvalue weighted by Gasteiger charge is -2.42. The minimum atomic E-state index is -3.13. The fourth-order valence-electron chi connectivity index (χ4n) is 2.46. The van der Waals surface area contributed by atoms with E-state index in [1.165, 1.54) is 4.90 Å². The topological polar surface area (TPSA) is 122 Å².